The maximum absolute atomic E-state index is 11.6. The molecule has 0 heterocycles. The van der Waals surface area contributed by atoms with Crippen LogP contribution in [0.15, 0.2) is 0 Å². The van der Waals surface area contributed by atoms with Gasteiger partial charge >= 0.3 is 0 Å². The fraction of sp³-hybridized carbons (Fsp3) is 0.750. The fourth-order valence-corrected chi connectivity index (χ4v) is 1.58. The summed E-state index contributed by atoms with van der Waals surface area (Å²) in [5.41, 5.74) is 0. The standard InChI is InChI=1S/C12H20O3/c1-3-6-11(14)10(8-5-9-13)12(15)7-4-2/h9-10H,3-8H2,1-2H3. The SMILES string of the molecule is CCCC(=O)C(CCC=O)C(=O)CCC. The first-order chi connectivity index (χ1) is 7.17. The Morgan fingerprint density at radius 2 is 1.53 bits per heavy atom. The molecule has 0 amide bonds. The zero-order valence-electron chi connectivity index (χ0n) is 9.62. The Labute approximate surface area is 91.2 Å². The predicted octanol–water partition coefficient (Wildman–Crippen LogP) is 2.32. The van der Waals surface area contributed by atoms with Gasteiger partial charge in [-0.3, -0.25) is 9.59 Å². The van der Waals surface area contributed by atoms with Gasteiger partial charge < -0.3 is 4.79 Å². The molecule has 0 saturated heterocycles. The van der Waals surface area contributed by atoms with Gasteiger partial charge in [0.15, 0.2) is 0 Å². The Morgan fingerprint density at radius 3 is 1.87 bits per heavy atom. The highest BCUT2D eigenvalue weighted by Gasteiger charge is 2.23. The molecule has 0 bridgehead atoms. The lowest BCUT2D eigenvalue weighted by Crippen LogP contribution is -2.24. The van der Waals surface area contributed by atoms with Crippen LogP contribution in [0.2, 0.25) is 0 Å². The number of carbonyl (C=O) groups is 3. The van der Waals surface area contributed by atoms with Gasteiger partial charge in [-0.2, -0.15) is 0 Å². The highest BCUT2D eigenvalue weighted by atomic mass is 16.2. The van der Waals surface area contributed by atoms with E-state index in [9.17, 15) is 14.4 Å². The topological polar surface area (TPSA) is 51.2 Å². The van der Waals surface area contributed by atoms with Crippen molar-refractivity contribution in [1.29, 1.82) is 0 Å². The molecule has 0 aromatic carbocycles. The van der Waals surface area contributed by atoms with Crippen molar-refractivity contribution in [3.63, 3.8) is 0 Å². The van der Waals surface area contributed by atoms with Gasteiger partial charge in [-0.15, -0.1) is 0 Å². The summed E-state index contributed by atoms with van der Waals surface area (Å²) in [5.74, 6) is -0.536. The van der Waals surface area contributed by atoms with Crippen molar-refractivity contribution in [2.75, 3.05) is 0 Å². The van der Waals surface area contributed by atoms with E-state index in [1.54, 1.807) is 0 Å². The average Bonchev–Trinajstić information content (AvgIpc) is 2.19. The molecule has 0 aromatic heterocycles. The van der Waals surface area contributed by atoms with Crippen molar-refractivity contribution in [2.45, 2.75) is 52.4 Å². The molecule has 0 saturated carbocycles. The molecule has 0 fully saturated rings. The summed E-state index contributed by atoms with van der Waals surface area (Å²) < 4.78 is 0. The van der Waals surface area contributed by atoms with Gasteiger partial charge in [-0.1, -0.05) is 13.8 Å². The third-order valence-electron chi connectivity index (χ3n) is 2.34. The molecule has 3 nitrogen and oxygen atoms in total. The Bertz CT molecular complexity index is 203. The predicted molar refractivity (Wildman–Crippen MR) is 58.6 cm³/mol. The van der Waals surface area contributed by atoms with Crippen LogP contribution in [-0.4, -0.2) is 17.9 Å². The lowest BCUT2D eigenvalue weighted by molar-refractivity contribution is -0.133. The van der Waals surface area contributed by atoms with Crippen LogP contribution in [0.3, 0.4) is 0 Å². The highest BCUT2D eigenvalue weighted by Crippen LogP contribution is 2.14. The van der Waals surface area contributed by atoms with Crippen LogP contribution in [0.4, 0.5) is 0 Å². The zero-order chi connectivity index (χ0) is 11.7. The Morgan fingerprint density at radius 1 is 1.07 bits per heavy atom. The lowest BCUT2D eigenvalue weighted by Gasteiger charge is -2.12. The van der Waals surface area contributed by atoms with E-state index in [0.717, 1.165) is 19.1 Å². The van der Waals surface area contributed by atoms with E-state index >= 15 is 0 Å². The monoisotopic (exact) mass is 212 g/mol. The van der Waals surface area contributed by atoms with Crippen LogP contribution < -0.4 is 0 Å². The number of carbonyl (C=O) groups excluding carboxylic acids is 3. The van der Waals surface area contributed by atoms with Crippen LogP contribution in [0.5, 0.6) is 0 Å². The molecule has 0 aromatic rings. The fourth-order valence-electron chi connectivity index (χ4n) is 1.58. The summed E-state index contributed by atoms with van der Waals surface area (Å²) in [6, 6.07) is 0. The number of hydrogen-bond acceptors (Lipinski definition) is 3. The van der Waals surface area contributed by atoms with Gasteiger partial charge in [-0.05, 0) is 19.3 Å². The summed E-state index contributed by atoms with van der Waals surface area (Å²) in [6.07, 6.45) is 3.87. The van der Waals surface area contributed by atoms with Crippen LogP contribution in [0, 0.1) is 5.92 Å². The minimum Gasteiger partial charge on any atom is -0.303 e. The molecule has 0 radical (unpaired) electrons. The summed E-state index contributed by atoms with van der Waals surface area (Å²) in [4.78, 5) is 33.5. The number of rotatable bonds is 9. The van der Waals surface area contributed by atoms with Gasteiger partial charge in [0.05, 0.1) is 5.92 Å². The second kappa shape index (κ2) is 8.33. The second-order valence-electron chi connectivity index (χ2n) is 3.73. The summed E-state index contributed by atoms with van der Waals surface area (Å²) in [5, 5.41) is 0. The van der Waals surface area contributed by atoms with Crippen molar-refractivity contribution in [1.82, 2.24) is 0 Å². The molecule has 0 aliphatic carbocycles. The van der Waals surface area contributed by atoms with E-state index in [1.165, 1.54) is 0 Å². The van der Waals surface area contributed by atoms with Crippen LogP contribution in [0.1, 0.15) is 52.4 Å². The van der Waals surface area contributed by atoms with E-state index < -0.39 is 5.92 Å². The molecule has 86 valence electrons. The Kier molecular flexibility index (Phi) is 7.78. The Hall–Kier alpha value is -0.990. The zero-order valence-corrected chi connectivity index (χ0v) is 9.62. The first-order valence-corrected chi connectivity index (χ1v) is 5.66. The molecular weight excluding hydrogens is 192 g/mol. The molecule has 3 heteroatoms. The van der Waals surface area contributed by atoms with Crippen molar-refractivity contribution < 1.29 is 14.4 Å². The maximum atomic E-state index is 11.6. The number of aldehydes is 1. The van der Waals surface area contributed by atoms with Crippen LogP contribution in [-0.2, 0) is 14.4 Å². The van der Waals surface area contributed by atoms with Gasteiger partial charge in [0, 0.05) is 19.3 Å². The largest absolute Gasteiger partial charge is 0.303 e. The molecular formula is C12H20O3. The van der Waals surface area contributed by atoms with E-state index in [2.05, 4.69) is 0 Å². The van der Waals surface area contributed by atoms with Gasteiger partial charge in [0.1, 0.15) is 17.9 Å². The third kappa shape index (κ3) is 5.45. The first-order valence-electron chi connectivity index (χ1n) is 5.66. The quantitative estimate of drug-likeness (QED) is 0.435. The van der Waals surface area contributed by atoms with Crippen LogP contribution >= 0.6 is 0 Å². The summed E-state index contributed by atoms with van der Waals surface area (Å²) >= 11 is 0. The van der Waals surface area contributed by atoms with Crippen molar-refractivity contribution in [3.05, 3.63) is 0 Å². The smallest absolute Gasteiger partial charge is 0.143 e. The minimum absolute atomic E-state index is 0.00204. The summed E-state index contributed by atoms with van der Waals surface area (Å²) in [7, 11) is 0. The number of hydrogen-bond donors (Lipinski definition) is 0. The van der Waals surface area contributed by atoms with Gasteiger partial charge in [-0.25, -0.2) is 0 Å². The first kappa shape index (κ1) is 14.0. The maximum Gasteiger partial charge on any atom is 0.143 e. The van der Waals surface area contributed by atoms with E-state index in [1.807, 2.05) is 13.8 Å². The van der Waals surface area contributed by atoms with Crippen molar-refractivity contribution in [2.24, 2.45) is 5.92 Å². The molecule has 0 atom stereocenters. The van der Waals surface area contributed by atoms with Gasteiger partial charge in [0.2, 0.25) is 0 Å². The normalized spacial score (nSPS) is 10.3. The summed E-state index contributed by atoms with van der Waals surface area (Å²) in [6.45, 7) is 3.83. The molecule has 0 spiro atoms. The molecule has 0 aliphatic rings. The van der Waals surface area contributed by atoms with Gasteiger partial charge in [0.25, 0.3) is 0 Å². The van der Waals surface area contributed by atoms with E-state index in [-0.39, 0.29) is 11.6 Å². The molecule has 0 aliphatic heterocycles. The number of ketones is 2. The molecule has 0 rings (SSSR count). The van der Waals surface area contributed by atoms with E-state index in [0.29, 0.717) is 25.7 Å². The molecule has 0 N–H and O–H groups in total. The third-order valence-corrected chi connectivity index (χ3v) is 2.34. The van der Waals surface area contributed by atoms with E-state index in [4.69, 9.17) is 0 Å². The minimum atomic E-state index is -0.532. The molecule has 15 heavy (non-hydrogen) atoms. The highest BCUT2D eigenvalue weighted by molar-refractivity contribution is 6.02. The number of Topliss-reactive ketones (excluding diaryl/α,β-unsaturated/α-hetero) is 2. The van der Waals surface area contributed by atoms with Crippen LogP contribution in [0.25, 0.3) is 0 Å². The molecule has 0 unspecified atom stereocenters. The van der Waals surface area contributed by atoms with Crippen molar-refractivity contribution in [3.8, 4) is 0 Å². The Balaban J connectivity index is 4.34. The van der Waals surface area contributed by atoms with Crippen molar-refractivity contribution >= 4 is 17.9 Å². The second-order valence-corrected chi connectivity index (χ2v) is 3.73. The average molecular weight is 212 g/mol. The lowest BCUT2D eigenvalue weighted by atomic mass is 9.89.